The lowest BCUT2D eigenvalue weighted by Gasteiger charge is -2.09. The number of hydrogen-bond donors (Lipinski definition) is 0. The van der Waals surface area contributed by atoms with Gasteiger partial charge < -0.3 is 0 Å². The van der Waals surface area contributed by atoms with Crippen LogP contribution >= 0.6 is 0 Å². The van der Waals surface area contributed by atoms with Crippen molar-refractivity contribution >= 4 is 17.7 Å². The van der Waals surface area contributed by atoms with Crippen LogP contribution in [0, 0.1) is 6.92 Å². The lowest BCUT2D eigenvalue weighted by atomic mass is 10.2. The van der Waals surface area contributed by atoms with Crippen molar-refractivity contribution in [2.75, 3.05) is 4.90 Å². The number of anilines is 1. The molecule has 0 unspecified atom stereocenters. The Bertz CT molecular complexity index is 404. The van der Waals surface area contributed by atoms with Gasteiger partial charge in [0.05, 0.1) is 5.69 Å². The zero-order valence-electron chi connectivity index (χ0n) is 7.47. The summed E-state index contributed by atoms with van der Waals surface area (Å²) >= 11 is 0. The molecule has 0 spiro atoms. The quantitative estimate of drug-likeness (QED) is 0.681. The Labute approximate surface area is 80.1 Å². The minimum Gasteiger partial charge on any atom is -0.243 e. The van der Waals surface area contributed by atoms with Gasteiger partial charge in [0.1, 0.15) is 0 Å². The van der Waals surface area contributed by atoms with Gasteiger partial charge in [0, 0.05) is 0 Å². The van der Waals surface area contributed by atoms with Gasteiger partial charge in [0.15, 0.2) is 0 Å². The number of carbonyl (C=O) groups excluding carboxylic acids is 2. The lowest BCUT2D eigenvalue weighted by molar-refractivity contribution is 0.249. The Kier molecular flexibility index (Phi) is 1.85. The van der Waals surface area contributed by atoms with Crippen LogP contribution in [0.2, 0.25) is 0 Å². The van der Waals surface area contributed by atoms with E-state index >= 15 is 0 Å². The zero-order chi connectivity index (χ0) is 10.1. The smallest absolute Gasteiger partial charge is 0.243 e. The van der Waals surface area contributed by atoms with E-state index in [1.165, 1.54) is 0 Å². The zero-order valence-corrected chi connectivity index (χ0v) is 7.47. The Morgan fingerprint density at radius 3 is 2.00 bits per heavy atom. The molecule has 0 saturated carbocycles. The Morgan fingerprint density at radius 1 is 1.00 bits per heavy atom. The number of hydrogen-bond acceptors (Lipinski definition) is 2. The molecule has 1 aromatic rings. The first-order valence-electron chi connectivity index (χ1n) is 4.05. The van der Waals surface area contributed by atoms with E-state index in [2.05, 4.69) is 10.2 Å². The maximum absolute atomic E-state index is 11.1. The van der Waals surface area contributed by atoms with Gasteiger partial charge in [0.25, 0.3) is 0 Å². The van der Waals surface area contributed by atoms with E-state index in [0.717, 1.165) is 10.5 Å². The maximum atomic E-state index is 11.1. The average Bonchev–Trinajstić information content (AvgIpc) is 2.49. The van der Waals surface area contributed by atoms with Gasteiger partial charge >= 0.3 is 12.1 Å². The highest BCUT2D eigenvalue weighted by Gasteiger charge is 2.28. The summed E-state index contributed by atoms with van der Waals surface area (Å²) in [6.45, 7) is 1.92. The van der Waals surface area contributed by atoms with Crippen LogP contribution in [0.5, 0.6) is 0 Å². The van der Waals surface area contributed by atoms with Gasteiger partial charge in [-0.15, -0.1) is 0 Å². The highest BCUT2D eigenvalue weighted by molar-refractivity contribution is 6.17. The number of benzene rings is 1. The summed E-state index contributed by atoms with van der Waals surface area (Å²) in [4.78, 5) is 23.2. The van der Waals surface area contributed by atoms with Gasteiger partial charge in [0.2, 0.25) is 0 Å². The van der Waals surface area contributed by atoms with Crippen LogP contribution in [0.3, 0.4) is 0 Å². The van der Waals surface area contributed by atoms with Crippen molar-refractivity contribution in [1.82, 2.24) is 0 Å². The molecule has 0 bridgehead atoms. The SMILES string of the molecule is Cc1ccc(N2C(=O)N=NC2=O)cc1. The molecule has 1 aliphatic rings. The molecule has 0 N–H and O–H groups in total. The van der Waals surface area contributed by atoms with E-state index in [9.17, 15) is 9.59 Å². The monoisotopic (exact) mass is 189 g/mol. The topological polar surface area (TPSA) is 62.1 Å². The number of rotatable bonds is 1. The molecule has 5 heteroatoms. The van der Waals surface area contributed by atoms with Gasteiger partial charge in [-0.25, -0.2) is 14.5 Å². The largest absolute Gasteiger partial charge is 0.375 e. The second-order valence-corrected chi connectivity index (χ2v) is 2.94. The van der Waals surface area contributed by atoms with Crippen molar-refractivity contribution in [1.29, 1.82) is 0 Å². The molecule has 0 atom stereocenters. The Morgan fingerprint density at radius 2 is 1.50 bits per heavy atom. The molecule has 0 radical (unpaired) electrons. The highest BCUT2D eigenvalue weighted by Crippen LogP contribution is 2.20. The molecule has 70 valence electrons. The van der Waals surface area contributed by atoms with E-state index in [1.807, 2.05) is 19.1 Å². The molecule has 4 amide bonds. The fourth-order valence-electron chi connectivity index (χ4n) is 1.17. The fourth-order valence-corrected chi connectivity index (χ4v) is 1.17. The first kappa shape index (κ1) is 8.55. The molecule has 0 fully saturated rings. The van der Waals surface area contributed by atoms with E-state index in [4.69, 9.17) is 0 Å². The Hall–Kier alpha value is -2.04. The first-order valence-corrected chi connectivity index (χ1v) is 4.05. The van der Waals surface area contributed by atoms with Crippen molar-refractivity contribution in [3.05, 3.63) is 29.8 Å². The summed E-state index contributed by atoms with van der Waals surface area (Å²) in [6, 6.07) is 5.71. The molecule has 1 aromatic carbocycles. The van der Waals surface area contributed by atoms with Crippen molar-refractivity contribution < 1.29 is 9.59 Å². The standard InChI is InChI=1S/C9H7N3O2/c1-6-2-4-7(5-3-6)12-8(13)10-11-9(12)14/h2-5H,1H3. The number of urea groups is 2. The number of amides is 4. The van der Waals surface area contributed by atoms with E-state index in [0.29, 0.717) is 5.69 Å². The van der Waals surface area contributed by atoms with E-state index in [1.54, 1.807) is 12.1 Å². The fraction of sp³-hybridized carbons (Fsp3) is 0.111. The average molecular weight is 189 g/mol. The normalized spacial score (nSPS) is 15.4. The van der Waals surface area contributed by atoms with Crippen LogP contribution < -0.4 is 4.90 Å². The summed E-state index contributed by atoms with van der Waals surface area (Å²) in [5.74, 6) is 0. The van der Waals surface area contributed by atoms with Crippen LogP contribution in [0.15, 0.2) is 34.5 Å². The molecule has 1 aliphatic heterocycles. The molecule has 0 aromatic heterocycles. The van der Waals surface area contributed by atoms with Crippen LogP contribution in [0.25, 0.3) is 0 Å². The van der Waals surface area contributed by atoms with Crippen LogP contribution in [0.1, 0.15) is 5.56 Å². The van der Waals surface area contributed by atoms with E-state index < -0.39 is 12.1 Å². The molecule has 0 aliphatic carbocycles. The molecule has 0 saturated heterocycles. The van der Waals surface area contributed by atoms with Gasteiger partial charge in [-0.3, -0.25) is 0 Å². The molecule has 14 heavy (non-hydrogen) atoms. The Balaban J connectivity index is 2.36. The van der Waals surface area contributed by atoms with E-state index in [-0.39, 0.29) is 0 Å². The molecule has 1 heterocycles. The van der Waals surface area contributed by atoms with Crippen molar-refractivity contribution in [2.24, 2.45) is 10.2 Å². The number of nitrogens with zero attached hydrogens (tertiary/aromatic N) is 3. The lowest BCUT2D eigenvalue weighted by Crippen LogP contribution is -2.27. The number of aryl methyl sites for hydroxylation is 1. The third-order valence-corrected chi connectivity index (χ3v) is 1.90. The first-order chi connectivity index (χ1) is 6.68. The number of imide groups is 1. The predicted octanol–water partition coefficient (Wildman–Crippen LogP) is 2.51. The highest BCUT2D eigenvalue weighted by atomic mass is 16.2. The summed E-state index contributed by atoms with van der Waals surface area (Å²) in [7, 11) is 0. The van der Waals surface area contributed by atoms with Crippen molar-refractivity contribution in [3.63, 3.8) is 0 Å². The summed E-state index contributed by atoms with van der Waals surface area (Å²) < 4.78 is 0. The van der Waals surface area contributed by atoms with Gasteiger partial charge in [-0.2, -0.15) is 0 Å². The number of carbonyl (C=O) groups is 2. The molecule has 5 nitrogen and oxygen atoms in total. The minimum atomic E-state index is -0.640. The van der Waals surface area contributed by atoms with Crippen molar-refractivity contribution in [3.8, 4) is 0 Å². The van der Waals surface area contributed by atoms with Gasteiger partial charge in [-0.05, 0) is 19.1 Å². The summed E-state index contributed by atoms with van der Waals surface area (Å²) in [5, 5.41) is 6.32. The molecule has 2 rings (SSSR count). The summed E-state index contributed by atoms with van der Waals surface area (Å²) in [5.41, 5.74) is 1.55. The van der Waals surface area contributed by atoms with Crippen LogP contribution in [-0.4, -0.2) is 12.1 Å². The van der Waals surface area contributed by atoms with Gasteiger partial charge in [-0.1, -0.05) is 27.9 Å². The van der Waals surface area contributed by atoms with Crippen molar-refractivity contribution in [2.45, 2.75) is 6.92 Å². The second kappa shape index (κ2) is 3.02. The third-order valence-electron chi connectivity index (χ3n) is 1.90. The number of azo groups is 1. The molecular weight excluding hydrogens is 182 g/mol. The van der Waals surface area contributed by atoms with Crippen LogP contribution in [0.4, 0.5) is 15.3 Å². The maximum Gasteiger partial charge on any atom is 0.375 e. The minimum absolute atomic E-state index is 0.496. The predicted molar refractivity (Wildman–Crippen MR) is 49.3 cm³/mol. The van der Waals surface area contributed by atoms with Crippen LogP contribution in [-0.2, 0) is 0 Å². The third kappa shape index (κ3) is 1.28. The second-order valence-electron chi connectivity index (χ2n) is 2.94. The molecular formula is C9H7N3O2. The summed E-state index contributed by atoms with van der Waals surface area (Å²) in [6.07, 6.45) is 0.